The van der Waals surface area contributed by atoms with Crippen LogP contribution in [0.5, 0.6) is 23.0 Å². The Labute approximate surface area is 215 Å². The Morgan fingerprint density at radius 2 is 1.46 bits per heavy atom. The first-order valence-corrected chi connectivity index (χ1v) is 11.9. The smallest absolute Gasteiger partial charge is 0.227 e. The molecule has 0 spiro atoms. The van der Waals surface area contributed by atoms with Gasteiger partial charge in [0.15, 0.2) is 23.0 Å². The molecule has 2 aliphatic rings. The van der Waals surface area contributed by atoms with Crippen LogP contribution in [0.25, 0.3) is 0 Å². The second-order valence-electron chi connectivity index (χ2n) is 9.21. The normalized spacial score (nSPS) is 16.5. The molecule has 0 N–H and O–H groups in total. The minimum Gasteiger partial charge on any atom is -0.493 e. The van der Waals surface area contributed by atoms with Crippen LogP contribution < -0.4 is 18.9 Å². The second kappa shape index (κ2) is 11.9. The van der Waals surface area contributed by atoms with Crippen molar-refractivity contribution in [2.45, 2.75) is 31.6 Å². The van der Waals surface area contributed by atoms with Crippen LogP contribution in [0.2, 0.25) is 0 Å². The van der Waals surface area contributed by atoms with Gasteiger partial charge in [0, 0.05) is 25.6 Å². The predicted molar refractivity (Wildman–Crippen MR) is 142 cm³/mol. The zero-order chi connectivity index (χ0) is 24.2. The number of fused-ring (bicyclic) bond motifs is 2. The Morgan fingerprint density at radius 1 is 0.886 bits per heavy atom. The summed E-state index contributed by atoms with van der Waals surface area (Å²) in [4.78, 5) is 17.3. The first kappa shape index (κ1) is 27.0. The van der Waals surface area contributed by atoms with Gasteiger partial charge in [-0.2, -0.15) is 13.5 Å². The maximum atomic E-state index is 12.9. The summed E-state index contributed by atoms with van der Waals surface area (Å²) < 4.78 is 21.7. The van der Waals surface area contributed by atoms with E-state index in [1.54, 1.807) is 28.4 Å². The molecule has 0 saturated carbocycles. The van der Waals surface area contributed by atoms with Crippen LogP contribution in [0, 0.1) is 0 Å². The van der Waals surface area contributed by atoms with Crippen molar-refractivity contribution in [1.29, 1.82) is 0 Å². The summed E-state index contributed by atoms with van der Waals surface area (Å²) in [7, 11) is 8.79. The Morgan fingerprint density at radius 3 is 2.09 bits per heavy atom. The highest BCUT2D eigenvalue weighted by Crippen LogP contribution is 2.42. The van der Waals surface area contributed by atoms with E-state index in [0.29, 0.717) is 18.1 Å². The Hall–Kier alpha value is -2.58. The first-order valence-electron chi connectivity index (χ1n) is 11.9. The molecule has 0 radical (unpaired) electrons. The van der Waals surface area contributed by atoms with Crippen LogP contribution in [0.3, 0.4) is 0 Å². The zero-order valence-electron chi connectivity index (χ0n) is 21.5. The molecule has 2 aromatic carbocycles. The molecule has 0 aromatic heterocycles. The minimum absolute atomic E-state index is 0. The van der Waals surface area contributed by atoms with Gasteiger partial charge in [0.05, 0.1) is 34.9 Å². The van der Waals surface area contributed by atoms with Gasteiger partial charge in [0.1, 0.15) is 0 Å². The topological polar surface area (TPSA) is 60.5 Å². The SMILES string of the molecule is COc1cc2c(cc1OC)CC(=O)N(CCCN(C)CC1Cc3cc(OC)c(OC)cc31)CC2.S. The van der Waals surface area contributed by atoms with Gasteiger partial charge in [0.25, 0.3) is 0 Å². The van der Waals surface area contributed by atoms with Gasteiger partial charge in [-0.1, -0.05) is 0 Å². The van der Waals surface area contributed by atoms with E-state index in [0.717, 1.165) is 68.3 Å². The van der Waals surface area contributed by atoms with E-state index in [-0.39, 0.29) is 19.4 Å². The monoisotopic (exact) mass is 502 g/mol. The molecule has 35 heavy (non-hydrogen) atoms. The van der Waals surface area contributed by atoms with Crippen LogP contribution in [-0.4, -0.2) is 77.4 Å². The first-order chi connectivity index (χ1) is 16.5. The maximum absolute atomic E-state index is 12.9. The number of likely N-dealkylation sites (N-methyl/N-ethyl adjacent to an activating group) is 1. The van der Waals surface area contributed by atoms with Crippen molar-refractivity contribution in [3.05, 3.63) is 46.5 Å². The molecule has 1 unspecified atom stereocenters. The summed E-state index contributed by atoms with van der Waals surface area (Å²) in [6.07, 6.45) is 3.27. The third-order valence-corrected chi connectivity index (χ3v) is 7.10. The molecule has 0 saturated heterocycles. The summed E-state index contributed by atoms with van der Waals surface area (Å²) in [5.74, 6) is 3.69. The number of carbonyl (C=O) groups is 1. The average Bonchev–Trinajstić information content (AvgIpc) is 2.98. The zero-order valence-corrected chi connectivity index (χ0v) is 22.5. The van der Waals surface area contributed by atoms with Crippen molar-refractivity contribution in [1.82, 2.24) is 9.80 Å². The molecule has 192 valence electrons. The number of benzene rings is 2. The van der Waals surface area contributed by atoms with Crippen molar-refractivity contribution in [3.8, 4) is 23.0 Å². The molecule has 0 fully saturated rings. The van der Waals surface area contributed by atoms with Crippen molar-refractivity contribution < 1.29 is 23.7 Å². The number of amides is 1. The Kier molecular flexibility index (Phi) is 9.19. The minimum atomic E-state index is 0. The van der Waals surface area contributed by atoms with Crippen LogP contribution in [0.15, 0.2) is 24.3 Å². The predicted octanol–water partition coefficient (Wildman–Crippen LogP) is 3.42. The van der Waals surface area contributed by atoms with Gasteiger partial charge in [-0.15, -0.1) is 0 Å². The van der Waals surface area contributed by atoms with Gasteiger partial charge < -0.3 is 28.7 Å². The van der Waals surface area contributed by atoms with E-state index in [1.807, 2.05) is 17.0 Å². The molecule has 1 amide bonds. The fourth-order valence-corrected chi connectivity index (χ4v) is 5.15. The lowest BCUT2D eigenvalue weighted by molar-refractivity contribution is -0.130. The lowest BCUT2D eigenvalue weighted by atomic mass is 9.77. The van der Waals surface area contributed by atoms with Crippen LogP contribution in [-0.2, 0) is 24.1 Å². The van der Waals surface area contributed by atoms with Crippen molar-refractivity contribution in [2.24, 2.45) is 0 Å². The largest absolute Gasteiger partial charge is 0.493 e. The fraction of sp³-hybridized carbons (Fsp3) is 0.519. The summed E-state index contributed by atoms with van der Waals surface area (Å²) >= 11 is 0. The summed E-state index contributed by atoms with van der Waals surface area (Å²) in [5.41, 5.74) is 4.91. The number of carbonyl (C=O) groups excluding carboxylic acids is 1. The van der Waals surface area contributed by atoms with Gasteiger partial charge >= 0.3 is 0 Å². The summed E-state index contributed by atoms with van der Waals surface area (Å²) in [5, 5.41) is 0. The van der Waals surface area contributed by atoms with E-state index in [4.69, 9.17) is 18.9 Å². The number of hydrogen-bond donors (Lipinski definition) is 0. The third-order valence-electron chi connectivity index (χ3n) is 7.10. The molecule has 1 heterocycles. The molecule has 7 nitrogen and oxygen atoms in total. The van der Waals surface area contributed by atoms with Crippen LogP contribution in [0.1, 0.15) is 34.6 Å². The summed E-state index contributed by atoms with van der Waals surface area (Å²) in [6, 6.07) is 8.18. The number of nitrogens with zero attached hydrogens (tertiary/aromatic N) is 2. The van der Waals surface area contributed by atoms with Crippen LogP contribution >= 0.6 is 13.5 Å². The molecule has 8 heteroatoms. The van der Waals surface area contributed by atoms with E-state index in [1.165, 1.54) is 16.7 Å². The number of rotatable bonds is 10. The molecule has 4 rings (SSSR count). The van der Waals surface area contributed by atoms with E-state index < -0.39 is 0 Å². The third kappa shape index (κ3) is 5.81. The number of hydrogen-bond acceptors (Lipinski definition) is 6. The van der Waals surface area contributed by atoms with Gasteiger partial charge in [-0.25, -0.2) is 0 Å². The van der Waals surface area contributed by atoms with Crippen molar-refractivity contribution in [3.63, 3.8) is 0 Å². The van der Waals surface area contributed by atoms with Crippen LogP contribution in [0.4, 0.5) is 0 Å². The molecular weight excluding hydrogens is 464 g/mol. The van der Waals surface area contributed by atoms with E-state index >= 15 is 0 Å². The summed E-state index contributed by atoms with van der Waals surface area (Å²) in [6.45, 7) is 3.47. The standard InChI is InChI=1S/C27H36N2O5.H2S/c1-28(17-21-11-20-14-25(33-4)26(34-5)16-22(20)21)8-6-9-29-10-7-18-12-23(31-2)24(32-3)13-19(18)15-27(29)30;/h12-14,16,21H,6-11,15,17H2,1-5H3;1H2. The number of methoxy groups -OCH3 is 4. The van der Waals surface area contributed by atoms with E-state index in [9.17, 15) is 4.79 Å². The molecule has 1 aliphatic heterocycles. The maximum Gasteiger partial charge on any atom is 0.227 e. The molecule has 1 atom stereocenters. The molecule has 1 aliphatic carbocycles. The highest BCUT2D eigenvalue weighted by Gasteiger charge is 2.29. The highest BCUT2D eigenvalue weighted by molar-refractivity contribution is 7.59. The van der Waals surface area contributed by atoms with Crippen molar-refractivity contribution in [2.75, 3.05) is 61.7 Å². The lowest BCUT2D eigenvalue weighted by Gasteiger charge is -2.34. The quantitative estimate of drug-likeness (QED) is 0.496. The molecule has 0 bridgehead atoms. The van der Waals surface area contributed by atoms with Gasteiger partial charge in [-0.05, 0) is 79.4 Å². The number of ether oxygens (including phenoxy) is 4. The molecular formula is C27H38N2O5S. The highest BCUT2D eigenvalue weighted by atomic mass is 32.1. The van der Waals surface area contributed by atoms with Crippen molar-refractivity contribution >= 4 is 19.4 Å². The Bertz CT molecular complexity index is 1040. The molecule has 2 aromatic rings. The lowest BCUT2D eigenvalue weighted by Crippen LogP contribution is -2.36. The fourth-order valence-electron chi connectivity index (χ4n) is 5.15. The van der Waals surface area contributed by atoms with E-state index in [2.05, 4.69) is 24.1 Å². The Balaban J connectivity index is 0.00000342. The van der Waals surface area contributed by atoms with Gasteiger partial charge in [0.2, 0.25) is 5.91 Å². The van der Waals surface area contributed by atoms with Gasteiger partial charge in [-0.3, -0.25) is 4.79 Å². The average molecular weight is 503 g/mol. The second-order valence-corrected chi connectivity index (χ2v) is 9.21.